The molecule has 0 aliphatic rings. The lowest BCUT2D eigenvalue weighted by molar-refractivity contribution is 1.26. The van der Waals surface area contributed by atoms with Gasteiger partial charge in [0.15, 0.2) is 0 Å². The Balaban J connectivity index is 1.34. The molecule has 11 aromatic rings. The molecule has 0 fully saturated rings. The fourth-order valence-corrected chi connectivity index (χ4v) is 7.98. The third-order valence-electron chi connectivity index (χ3n) is 9.73. The van der Waals surface area contributed by atoms with E-state index in [-0.39, 0.29) is 0 Å². The minimum atomic E-state index is 1.02. The molecule has 208 valence electrons. The molecule has 5 aromatic heterocycles. The maximum atomic E-state index is 5.53. The summed E-state index contributed by atoms with van der Waals surface area (Å²) in [6, 6.07) is 52.5. The quantitative estimate of drug-likeness (QED) is 0.210. The van der Waals surface area contributed by atoms with Crippen LogP contribution in [0.15, 0.2) is 146 Å². The molecule has 45 heavy (non-hydrogen) atoms. The number of fused-ring (bicyclic) bond motifs is 12. The Morgan fingerprint density at radius 1 is 0.400 bits per heavy atom. The van der Waals surface area contributed by atoms with Crippen LogP contribution in [-0.2, 0) is 0 Å². The second-order valence-corrected chi connectivity index (χ2v) is 12.0. The highest BCUT2D eigenvalue weighted by atomic mass is 15.2. The van der Waals surface area contributed by atoms with Gasteiger partial charge in [-0.2, -0.15) is 0 Å². The van der Waals surface area contributed by atoms with Gasteiger partial charge in [-0.15, -0.1) is 0 Å². The molecule has 0 aliphatic heterocycles. The molecule has 0 radical (unpaired) electrons. The van der Waals surface area contributed by atoms with Crippen LogP contribution >= 0.6 is 0 Å². The predicted octanol–water partition coefficient (Wildman–Crippen LogP) is 10.9. The summed E-state index contributed by atoms with van der Waals surface area (Å²) in [5, 5.41) is 8.65. The zero-order valence-corrected chi connectivity index (χ0v) is 24.1. The Kier molecular flexibility index (Phi) is 4.29. The zero-order chi connectivity index (χ0) is 29.2. The van der Waals surface area contributed by atoms with Gasteiger partial charge in [0.2, 0.25) is 0 Å². The fraction of sp³-hybridized carbons (Fsp3) is 0. The molecule has 0 amide bonds. The van der Waals surface area contributed by atoms with Crippen LogP contribution in [-0.4, -0.2) is 13.8 Å². The van der Waals surface area contributed by atoms with E-state index >= 15 is 0 Å². The molecule has 4 nitrogen and oxygen atoms in total. The lowest BCUT2D eigenvalue weighted by atomic mass is 10.1. The van der Waals surface area contributed by atoms with Crippen molar-refractivity contribution in [1.29, 1.82) is 0 Å². The van der Waals surface area contributed by atoms with Gasteiger partial charge in [0, 0.05) is 49.1 Å². The van der Waals surface area contributed by atoms with E-state index < -0.39 is 0 Å². The minimum Gasteiger partial charge on any atom is -0.308 e. The van der Waals surface area contributed by atoms with Crippen LogP contribution in [0.4, 0.5) is 17.1 Å². The average Bonchev–Trinajstić information content (AvgIpc) is 3.82. The van der Waals surface area contributed by atoms with E-state index in [4.69, 9.17) is 4.98 Å². The summed E-state index contributed by atoms with van der Waals surface area (Å²) in [6.45, 7) is 0. The molecule has 0 spiro atoms. The summed E-state index contributed by atoms with van der Waals surface area (Å²) in [6.07, 6.45) is 0. The van der Waals surface area contributed by atoms with Crippen LogP contribution in [0.5, 0.6) is 0 Å². The molecule has 0 aliphatic carbocycles. The summed E-state index contributed by atoms with van der Waals surface area (Å²) < 4.78 is 4.85. The number of hydrogen-bond acceptors (Lipinski definition) is 2. The highest BCUT2D eigenvalue weighted by molar-refractivity contribution is 6.28. The van der Waals surface area contributed by atoms with Gasteiger partial charge in [0.05, 0.1) is 38.8 Å². The van der Waals surface area contributed by atoms with Crippen molar-refractivity contribution in [2.45, 2.75) is 0 Å². The van der Waals surface area contributed by atoms with Gasteiger partial charge in [-0.1, -0.05) is 103 Å². The second kappa shape index (κ2) is 8.28. The number of benzene rings is 6. The van der Waals surface area contributed by atoms with Crippen molar-refractivity contribution in [3.63, 3.8) is 0 Å². The topological polar surface area (TPSA) is 25.0 Å². The van der Waals surface area contributed by atoms with Gasteiger partial charge in [0.1, 0.15) is 5.65 Å². The van der Waals surface area contributed by atoms with E-state index in [2.05, 4.69) is 159 Å². The van der Waals surface area contributed by atoms with Crippen LogP contribution in [0, 0.1) is 0 Å². The van der Waals surface area contributed by atoms with Crippen molar-refractivity contribution in [1.82, 2.24) is 13.8 Å². The van der Waals surface area contributed by atoms with Gasteiger partial charge in [0.25, 0.3) is 0 Å². The first-order valence-corrected chi connectivity index (χ1v) is 15.4. The maximum Gasteiger partial charge on any atom is 0.146 e. The molecule has 0 bridgehead atoms. The lowest BCUT2D eigenvalue weighted by Gasteiger charge is -2.26. The van der Waals surface area contributed by atoms with Crippen LogP contribution in [0.1, 0.15) is 0 Å². The Morgan fingerprint density at radius 3 is 1.67 bits per heavy atom. The van der Waals surface area contributed by atoms with Crippen LogP contribution < -0.4 is 4.90 Å². The molecule has 0 saturated carbocycles. The Labute approximate surface area is 257 Å². The number of hydrogen-bond donors (Lipinski definition) is 0. The Morgan fingerprint density at radius 2 is 0.933 bits per heavy atom. The van der Waals surface area contributed by atoms with Crippen LogP contribution in [0.2, 0.25) is 0 Å². The fourth-order valence-electron chi connectivity index (χ4n) is 7.98. The zero-order valence-electron chi connectivity index (χ0n) is 24.1. The number of anilines is 3. The van der Waals surface area contributed by atoms with Gasteiger partial charge < -0.3 is 9.30 Å². The maximum absolute atomic E-state index is 5.53. The summed E-state index contributed by atoms with van der Waals surface area (Å²) in [7, 11) is 0. The van der Waals surface area contributed by atoms with E-state index in [1.165, 1.54) is 59.8 Å². The summed E-state index contributed by atoms with van der Waals surface area (Å²) in [4.78, 5) is 7.91. The van der Waals surface area contributed by atoms with Crippen LogP contribution in [0.3, 0.4) is 0 Å². The van der Waals surface area contributed by atoms with Gasteiger partial charge in [-0.25, -0.2) is 4.98 Å². The van der Waals surface area contributed by atoms with Gasteiger partial charge in [-0.05, 0) is 42.5 Å². The first-order valence-electron chi connectivity index (χ1n) is 15.4. The van der Waals surface area contributed by atoms with Crippen molar-refractivity contribution >= 4 is 93.5 Å². The molecule has 5 heterocycles. The molecule has 0 N–H and O–H groups in total. The second-order valence-electron chi connectivity index (χ2n) is 12.0. The van der Waals surface area contributed by atoms with E-state index in [1.54, 1.807) is 0 Å². The number of aromatic nitrogens is 3. The highest BCUT2D eigenvalue weighted by Gasteiger charge is 2.25. The molecule has 0 unspecified atom stereocenters. The molecule has 4 heteroatoms. The molecule has 6 aromatic carbocycles. The summed E-state index contributed by atoms with van der Waals surface area (Å²) >= 11 is 0. The normalized spacial score (nSPS) is 12.4. The number of nitrogens with zero attached hydrogens (tertiary/aromatic N) is 4. The molecular formula is C41H24N4. The number of pyridine rings is 1. The van der Waals surface area contributed by atoms with Gasteiger partial charge >= 0.3 is 0 Å². The monoisotopic (exact) mass is 572 g/mol. The highest BCUT2D eigenvalue weighted by Crippen LogP contribution is 2.46. The average molecular weight is 573 g/mol. The van der Waals surface area contributed by atoms with Crippen molar-refractivity contribution in [2.75, 3.05) is 4.90 Å². The Bertz CT molecular complexity index is 2880. The van der Waals surface area contributed by atoms with Crippen molar-refractivity contribution in [3.05, 3.63) is 146 Å². The van der Waals surface area contributed by atoms with Crippen molar-refractivity contribution < 1.29 is 0 Å². The predicted molar refractivity (Wildman–Crippen MR) is 188 cm³/mol. The van der Waals surface area contributed by atoms with Crippen LogP contribution in [0.25, 0.3) is 76.5 Å². The Hall–Kier alpha value is -6.13. The summed E-state index contributed by atoms with van der Waals surface area (Å²) in [5.74, 6) is 0. The standard InChI is InChI=1S/C41H24N4/c1-3-12-25(13-4-1)43(26-14-5-2-6-15-26)35-23-11-20-30-29-18-10-21-32-37-36(44(39(29)32)40(30)35)24-33-31-19-9-17-28-27-16-7-8-22-34(27)45(38(28)31)41(33)42-37/h1-24H. The third kappa shape index (κ3) is 2.84. The largest absolute Gasteiger partial charge is 0.308 e. The molecular weight excluding hydrogens is 548 g/mol. The van der Waals surface area contributed by atoms with E-state index in [9.17, 15) is 0 Å². The van der Waals surface area contributed by atoms with Gasteiger partial charge in [-0.3, -0.25) is 4.40 Å². The first kappa shape index (κ1) is 23.3. The lowest BCUT2D eigenvalue weighted by Crippen LogP contribution is -2.10. The summed E-state index contributed by atoms with van der Waals surface area (Å²) in [5.41, 5.74) is 11.4. The van der Waals surface area contributed by atoms with E-state index in [1.807, 2.05) is 0 Å². The molecule has 0 saturated heterocycles. The molecule has 0 atom stereocenters. The number of para-hydroxylation sites is 6. The van der Waals surface area contributed by atoms with E-state index in [0.29, 0.717) is 0 Å². The minimum absolute atomic E-state index is 1.02. The first-order chi connectivity index (χ1) is 22.4. The number of rotatable bonds is 3. The van der Waals surface area contributed by atoms with Crippen molar-refractivity contribution in [3.8, 4) is 0 Å². The smallest absolute Gasteiger partial charge is 0.146 e. The van der Waals surface area contributed by atoms with E-state index in [0.717, 1.165) is 33.7 Å². The van der Waals surface area contributed by atoms with Crippen molar-refractivity contribution in [2.24, 2.45) is 0 Å². The SMILES string of the molecule is c1ccc(N(c2ccccc2)c2cccc3c4cccc5c6nc7c(cc6n(c23)c45)c2cccc3c4ccccc4n7c32)cc1. The third-order valence-corrected chi connectivity index (χ3v) is 9.73. The molecule has 11 rings (SSSR count).